The summed E-state index contributed by atoms with van der Waals surface area (Å²) in [6.07, 6.45) is 4.22. The molecular weight excluding hydrogens is 254 g/mol. The summed E-state index contributed by atoms with van der Waals surface area (Å²) in [5, 5.41) is 4.76. The molecule has 0 aliphatic heterocycles. The van der Waals surface area contributed by atoms with Crippen LogP contribution in [0.4, 0.5) is 5.82 Å². The summed E-state index contributed by atoms with van der Waals surface area (Å²) in [7, 11) is 0. The molecular formula is C14H15N5O. The monoisotopic (exact) mass is 269 g/mol. The number of para-hydroxylation sites is 1. The third kappa shape index (κ3) is 2.40. The summed E-state index contributed by atoms with van der Waals surface area (Å²) in [4.78, 5) is 16.5. The predicted octanol–water partition coefficient (Wildman–Crippen LogP) is 1.27. The molecule has 0 atom stereocenters. The first-order chi connectivity index (χ1) is 9.74. The van der Waals surface area contributed by atoms with Crippen molar-refractivity contribution in [2.45, 2.75) is 19.5 Å². The van der Waals surface area contributed by atoms with Crippen LogP contribution in [0.1, 0.15) is 6.42 Å². The first-order valence-electron chi connectivity index (χ1n) is 6.47. The lowest BCUT2D eigenvalue weighted by Gasteiger charge is -2.06. The van der Waals surface area contributed by atoms with Crippen molar-refractivity contribution in [2.24, 2.45) is 0 Å². The van der Waals surface area contributed by atoms with Crippen LogP contribution < -0.4 is 11.3 Å². The van der Waals surface area contributed by atoms with Crippen LogP contribution in [0.15, 0.2) is 47.7 Å². The Hall–Kier alpha value is -2.63. The number of aromatic nitrogens is 4. The molecule has 20 heavy (non-hydrogen) atoms. The number of benzene rings is 1. The van der Waals surface area contributed by atoms with E-state index < -0.39 is 0 Å². The summed E-state index contributed by atoms with van der Waals surface area (Å²) in [6, 6.07) is 9.12. The van der Waals surface area contributed by atoms with Gasteiger partial charge in [-0.15, -0.1) is 0 Å². The summed E-state index contributed by atoms with van der Waals surface area (Å²) >= 11 is 0. The van der Waals surface area contributed by atoms with Crippen LogP contribution in [-0.4, -0.2) is 19.3 Å². The zero-order valence-corrected chi connectivity index (χ0v) is 10.9. The Morgan fingerprint density at radius 2 is 2.00 bits per heavy atom. The van der Waals surface area contributed by atoms with Gasteiger partial charge in [-0.2, -0.15) is 5.10 Å². The van der Waals surface area contributed by atoms with Crippen LogP contribution in [0, 0.1) is 0 Å². The van der Waals surface area contributed by atoms with E-state index in [1.54, 1.807) is 27.7 Å². The summed E-state index contributed by atoms with van der Waals surface area (Å²) in [6.45, 7) is 1.33. The Bertz CT molecular complexity index is 789. The fraction of sp³-hybridized carbons (Fsp3) is 0.214. The maximum atomic E-state index is 12.3. The van der Waals surface area contributed by atoms with Crippen LogP contribution >= 0.6 is 0 Å². The fourth-order valence-corrected chi connectivity index (χ4v) is 2.17. The Balaban J connectivity index is 1.74. The van der Waals surface area contributed by atoms with E-state index in [-0.39, 0.29) is 5.56 Å². The maximum Gasteiger partial charge on any atom is 0.261 e. The van der Waals surface area contributed by atoms with Gasteiger partial charge in [-0.1, -0.05) is 12.1 Å². The van der Waals surface area contributed by atoms with Crippen LogP contribution in [0.5, 0.6) is 0 Å². The Morgan fingerprint density at radius 1 is 1.15 bits per heavy atom. The minimum Gasteiger partial charge on any atom is -0.382 e. The molecule has 0 aliphatic carbocycles. The van der Waals surface area contributed by atoms with E-state index in [0.29, 0.717) is 17.7 Å². The highest BCUT2D eigenvalue weighted by molar-refractivity contribution is 5.76. The molecule has 0 amide bonds. The minimum atomic E-state index is -0.00409. The number of aryl methyl sites for hydroxylation is 2. The van der Waals surface area contributed by atoms with Crippen LogP contribution in [0.2, 0.25) is 0 Å². The number of fused-ring (bicyclic) bond motifs is 1. The molecule has 0 bridgehead atoms. The van der Waals surface area contributed by atoms with E-state index in [2.05, 4.69) is 10.1 Å². The second kappa shape index (κ2) is 5.16. The molecule has 0 unspecified atom stereocenters. The Labute approximate surface area is 115 Å². The molecule has 2 N–H and O–H groups in total. The number of hydrogen-bond acceptors (Lipinski definition) is 4. The van der Waals surface area contributed by atoms with Gasteiger partial charge in [-0.25, -0.2) is 4.98 Å². The third-order valence-electron chi connectivity index (χ3n) is 3.18. The van der Waals surface area contributed by atoms with Crippen molar-refractivity contribution in [2.75, 3.05) is 5.73 Å². The smallest absolute Gasteiger partial charge is 0.261 e. The Morgan fingerprint density at radius 3 is 2.80 bits per heavy atom. The molecule has 0 spiro atoms. The van der Waals surface area contributed by atoms with E-state index in [1.165, 1.54) is 0 Å². The van der Waals surface area contributed by atoms with Crippen molar-refractivity contribution in [1.82, 2.24) is 19.3 Å². The molecule has 2 aromatic heterocycles. The number of nitrogens with zero attached hydrogens (tertiary/aromatic N) is 4. The number of nitrogen functional groups attached to an aromatic ring is 1. The van der Waals surface area contributed by atoms with Gasteiger partial charge in [-0.3, -0.25) is 14.0 Å². The SMILES string of the molecule is Nc1ccn(CCCn2cnc3ccccc3c2=O)n1. The van der Waals surface area contributed by atoms with Crippen molar-refractivity contribution < 1.29 is 0 Å². The lowest BCUT2D eigenvalue weighted by atomic mass is 10.2. The van der Waals surface area contributed by atoms with E-state index in [9.17, 15) is 4.79 Å². The molecule has 0 saturated carbocycles. The van der Waals surface area contributed by atoms with E-state index in [0.717, 1.165) is 18.5 Å². The van der Waals surface area contributed by atoms with E-state index >= 15 is 0 Å². The van der Waals surface area contributed by atoms with Crippen LogP contribution in [-0.2, 0) is 13.1 Å². The third-order valence-corrected chi connectivity index (χ3v) is 3.18. The molecule has 0 aliphatic rings. The lowest BCUT2D eigenvalue weighted by Crippen LogP contribution is -2.21. The highest BCUT2D eigenvalue weighted by Crippen LogP contribution is 2.05. The van der Waals surface area contributed by atoms with E-state index in [4.69, 9.17) is 5.73 Å². The molecule has 102 valence electrons. The Kier molecular flexibility index (Phi) is 3.20. The molecule has 6 nitrogen and oxygen atoms in total. The zero-order chi connectivity index (χ0) is 13.9. The molecule has 1 aromatic carbocycles. The van der Waals surface area contributed by atoms with Gasteiger partial charge in [0.1, 0.15) is 5.82 Å². The van der Waals surface area contributed by atoms with Crippen molar-refractivity contribution in [3.8, 4) is 0 Å². The average Bonchev–Trinajstić information content (AvgIpc) is 2.87. The van der Waals surface area contributed by atoms with Crippen molar-refractivity contribution >= 4 is 16.7 Å². The van der Waals surface area contributed by atoms with Gasteiger partial charge in [0.25, 0.3) is 5.56 Å². The van der Waals surface area contributed by atoms with Crippen molar-refractivity contribution in [3.63, 3.8) is 0 Å². The number of anilines is 1. The van der Waals surface area contributed by atoms with Crippen molar-refractivity contribution in [1.29, 1.82) is 0 Å². The maximum absolute atomic E-state index is 12.3. The number of nitrogens with two attached hydrogens (primary N) is 1. The summed E-state index contributed by atoms with van der Waals surface area (Å²) in [5.41, 5.74) is 6.28. The summed E-state index contributed by atoms with van der Waals surface area (Å²) in [5.74, 6) is 0.509. The molecule has 6 heteroatoms. The van der Waals surface area contributed by atoms with Gasteiger partial charge in [0.15, 0.2) is 0 Å². The zero-order valence-electron chi connectivity index (χ0n) is 10.9. The van der Waals surface area contributed by atoms with Gasteiger partial charge in [0, 0.05) is 19.3 Å². The quantitative estimate of drug-likeness (QED) is 0.773. The highest BCUT2D eigenvalue weighted by atomic mass is 16.1. The van der Waals surface area contributed by atoms with E-state index in [1.807, 2.05) is 24.4 Å². The largest absolute Gasteiger partial charge is 0.382 e. The molecule has 2 heterocycles. The minimum absolute atomic E-state index is 0.00409. The lowest BCUT2D eigenvalue weighted by molar-refractivity contribution is 0.519. The normalized spacial score (nSPS) is 11.0. The second-order valence-electron chi connectivity index (χ2n) is 4.62. The molecule has 0 fully saturated rings. The van der Waals surface area contributed by atoms with Crippen LogP contribution in [0.3, 0.4) is 0 Å². The van der Waals surface area contributed by atoms with Gasteiger partial charge < -0.3 is 5.73 Å². The number of rotatable bonds is 4. The predicted molar refractivity (Wildman–Crippen MR) is 77.3 cm³/mol. The second-order valence-corrected chi connectivity index (χ2v) is 4.62. The highest BCUT2D eigenvalue weighted by Gasteiger charge is 2.03. The first-order valence-corrected chi connectivity index (χ1v) is 6.47. The number of hydrogen-bond donors (Lipinski definition) is 1. The first kappa shape index (κ1) is 12.4. The molecule has 3 aromatic rings. The van der Waals surface area contributed by atoms with Crippen molar-refractivity contribution in [3.05, 3.63) is 53.2 Å². The average molecular weight is 269 g/mol. The fourth-order valence-electron chi connectivity index (χ4n) is 2.17. The van der Waals surface area contributed by atoms with Crippen LogP contribution in [0.25, 0.3) is 10.9 Å². The van der Waals surface area contributed by atoms with Gasteiger partial charge in [-0.05, 0) is 24.6 Å². The van der Waals surface area contributed by atoms with Gasteiger partial charge in [0.05, 0.1) is 17.2 Å². The van der Waals surface area contributed by atoms with Gasteiger partial charge >= 0.3 is 0 Å². The van der Waals surface area contributed by atoms with Gasteiger partial charge in [0.2, 0.25) is 0 Å². The summed E-state index contributed by atoms with van der Waals surface area (Å²) < 4.78 is 3.41. The standard InChI is InChI=1S/C14H15N5O/c15-13-6-9-19(17-13)8-3-7-18-10-16-12-5-2-1-4-11(12)14(18)20/h1-2,4-6,9-10H,3,7-8H2,(H2,15,17). The molecule has 0 radical (unpaired) electrons. The molecule has 3 rings (SSSR count). The molecule has 0 saturated heterocycles. The topological polar surface area (TPSA) is 78.7 Å².